The normalized spacial score (nSPS) is 11.7. The standard InChI is InChI=1S/C18H26N4O2S2.HI/c1-4-15-9-10-16(25-15)13-22-18(20-5-2)21-12-14-7-6-8-17(11-14)26(23,24)19-3;/h6-11,19H,4-5,12-13H2,1-3H3,(H2,20,21,22);1H. The van der Waals surface area contributed by atoms with Gasteiger partial charge in [-0.25, -0.2) is 18.1 Å². The fourth-order valence-corrected chi connectivity index (χ4v) is 4.02. The van der Waals surface area contributed by atoms with Crippen LogP contribution in [0.3, 0.4) is 0 Å². The average molecular weight is 522 g/mol. The second-order valence-corrected chi connectivity index (χ2v) is 8.76. The molecule has 9 heteroatoms. The smallest absolute Gasteiger partial charge is 0.240 e. The summed E-state index contributed by atoms with van der Waals surface area (Å²) in [7, 11) is -2.04. The molecule has 0 bridgehead atoms. The number of halogens is 1. The van der Waals surface area contributed by atoms with Crippen molar-refractivity contribution in [2.75, 3.05) is 13.6 Å². The van der Waals surface area contributed by atoms with Crippen molar-refractivity contribution in [3.05, 3.63) is 51.7 Å². The molecule has 0 radical (unpaired) electrons. The molecule has 2 aromatic rings. The summed E-state index contributed by atoms with van der Waals surface area (Å²) in [6, 6.07) is 11.1. The van der Waals surface area contributed by atoms with Gasteiger partial charge >= 0.3 is 0 Å². The lowest BCUT2D eigenvalue weighted by molar-refractivity contribution is 0.588. The molecule has 1 heterocycles. The van der Waals surface area contributed by atoms with Crippen LogP contribution in [0, 0.1) is 0 Å². The summed E-state index contributed by atoms with van der Waals surface area (Å²) in [6.45, 7) is 6.02. The van der Waals surface area contributed by atoms with Crippen molar-refractivity contribution < 1.29 is 8.42 Å². The van der Waals surface area contributed by atoms with Crippen LogP contribution in [-0.4, -0.2) is 28.0 Å². The Hall–Kier alpha value is -1.17. The molecule has 6 nitrogen and oxygen atoms in total. The highest BCUT2D eigenvalue weighted by atomic mass is 127. The molecule has 0 aliphatic rings. The van der Waals surface area contributed by atoms with E-state index in [4.69, 9.17) is 0 Å². The Kier molecular flexibility index (Phi) is 10.3. The summed E-state index contributed by atoms with van der Waals surface area (Å²) < 4.78 is 26.1. The first kappa shape index (κ1) is 23.9. The highest BCUT2D eigenvalue weighted by molar-refractivity contribution is 14.0. The number of sulfonamides is 1. The minimum atomic E-state index is -3.44. The predicted molar refractivity (Wildman–Crippen MR) is 123 cm³/mol. The molecule has 0 amide bonds. The lowest BCUT2D eigenvalue weighted by Crippen LogP contribution is -2.36. The maximum Gasteiger partial charge on any atom is 0.240 e. The van der Waals surface area contributed by atoms with Crippen molar-refractivity contribution >= 4 is 51.3 Å². The molecule has 150 valence electrons. The summed E-state index contributed by atoms with van der Waals surface area (Å²) in [5.74, 6) is 0.709. The molecular weight excluding hydrogens is 495 g/mol. The van der Waals surface area contributed by atoms with Crippen molar-refractivity contribution in [3.63, 3.8) is 0 Å². The van der Waals surface area contributed by atoms with Gasteiger partial charge in [0.05, 0.1) is 18.0 Å². The van der Waals surface area contributed by atoms with Crippen LogP contribution >= 0.6 is 35.3 Å². The molecule has 0 spiro atoms. The molecule has 1 aromatic carbocycles. The Morgan fingerprint density at radius 3 is 2.48 bits per heavy atom. The van der Waals surface area contributed by atoms with Gasteiger partial charge in [-0.1, -0.05) is 19.1 Å². The molecule has 27 heavy (non-hydrogen) atoms. The number of hydrogen-bond donors (Lipinski definition) is 3. The minimum absolute atomic E-state index is 0. The molecule has 3 N–H and O–H groups in total. The zero-order chi connectivity index (χ0) is 19.0. The van der Waals surface area contributed by atoms with E-state index < -0.39 is 10.0 Å². The highest BCUT2D eigenvalue weighted by Gasteiger charge is 2.11. The first-order valence-corrected chi connectivity index (χ1v) is 10.9. The van der Waals surface area contributed by atoms with Crippen LogP contribution in [0.5, 0.6) is 0 Å². The van der Waals surface area contributed by atoms with Crippen molar-refractivity contribution in [3.8, 4) is 0 Å². The number of thiophene rings is 1. The summed E-state index contributed by atoms with van der Waals surface area (Å²) >= 11 is 1.80. The molecular formula is C18H27IN4O2S2. The van der Waals surface area contributed by atoms with E-state index in [0.29, 0.717) is 19.0 Å². The molecule has 0 saturated carbocycles. The minimum Gasteiger partial charge on any atom is -0.357 e. The number of guanidine groups is 1. The fourth-order valence-electron chi connectivity index (χ4n) is 2.32. The van der Waals surface area contributed by atoms with E-state index in [9.17, 15) is 8.42 Å². The first-order chi connectivity index (χ1) is 12.5. The van der Waals surface area contributed by atoms with Gasteiger partial charge in [0.2, 0.25) is 10.0 Å². The van der Waals surface area contributed by atoms with Gasteiger partial charge in [0.15, 0.2) is 5.96 Å². The maximum absolute atomic E-state index is 11.9. The number of rotatable bonds is 8. The number of nitrogens with one attached hydrogen (secondary N) is 3. The van der Waals surface area contributed by atoms with E-state index in [2.05, 4.69) is 39.4 Å². The van der Waals surface area contributed by atoms with Gasteiger partial charge in [-0.3, -0.25) is 0 Å². The van der Waals surface area contributed by atoms with E-state index in [0.717, 1.165) is 18.5 Å². The Bertz CT molecular complexity index is 851. The van der Waals surface area contributed by atoms with E-state index in [1.54, 1.807) is 29.5 Å². The molecule has 0 unspecified atom stereocenters. The van der Waals surface area contributed by atoms with E-state index in [1.807, 2.05) is 13.0 Å². The van der Waals surface area contributed by atoms with Crippen molar-refractivity contribution in [2.45, 2.75) is 38.3 Å². The SMILES string of the molecule is CCNC(=NCc1cccc(S(=O)(=O)NC)c1)NCc1ccc(CC)s1.I. The molecule has 0 aliphatic heterocycles. The number of nitrogens with zero attached hydrogens (tertiary/aromatic N) is 1. The monoisotopic (exact) mass is 522 g/mol. The van der Waals surface area contributed by atoms with Crippen molar-refractivity contribution in [1.82, 2.24) is 15.4 Å². The number of benzene rings is 1. The third-order valence-corrected chi connectivity index (χ3v) is 6.38. The first-order valence-electron chi connectivity index (χ1n) is 8.60. The van der Waals surface area contributed by atoms with Crippen LogP contribution in [0.1, 0.15) is 29.2 Å². The van der Waals surface area contributed by atoms with Crippen LogP contribution in [-0.2, 0) is 29.5 Å². The van der Waals surface area contributed by atoms with Crippen LogP contribution in [0.4, 0.5) is 0 Å². The number of aryl methyl sites for hydroxylation is 1. The quantitative estimate of drug-likeness (QED) is 0.283. The van der Waals surface area contributed by atoms with Crippen LogP contribution in [0.25, 0.3) is 0 Å². The van der Waals surface area contributed by atoms with Gasteiger partial charge in [0, 0.05) is 16.3 Å². The summed E-state index contributed by atoms with van der Waals surface area (Å²) in [5, 5.41) is 6.53. The molecule has 0 saturated heterocycles. The summed E-state index contributed by atoms with van der Waals surface area (Å²) in [5.41, 5.74) is 0.836. The van der Waals surface area contributed by atoms with Gasteiger partial charge in [0.1, 0.15) is 0 Å². The topological polar surface area (TPSA) is 82.6 Å². The second kappa shape index (κ2) is 11.6. The molecule has 0 fully saturated rings. The molecule has 0 atom stereocenters. The molecule has 2 rings (SSSR count). The Morgan fingerprint density at radius 1 is 1.11 bits per heavy atom. The van der Waals surface area contributed by atoms with E-state index in [-0.39, 0.29) is 28.9 Å². The van der Waals surface area contributed by atoms with Gasteiger partial charge in [-0.15, -0.1) is 35.3 Å². The van der Waals surface area contributed by atoms with Gasteiger partial charge in [-0.05, 0) is 50.2 Å². The third kappa shape index (κ3) is 7.40. The summed E-state index contributed by atoms with van der Waals surface area (Å²) in [6.07, 6.45) is 1.05. The predicted octanol–water partition coefficient (Wildman–Crippen LogP) is 3.09. The van der Waals surface area contributed by atoms with Crippen LogP contribution < -0.4 is 15.4 Å². The zero-order valence-corrected chi connectivity index (χ0v) is 19.7. The maximum atomic E-state index is 11.9. The largest absolute Gasteiger partial charge is 0.357 e. The second-order valence-electron chi connectivity index (χ2n) is 5.63. The van der Waals surface area contributed by atoms with Crippen molar-refractivity contribution in [1.29, 1.82) is 0 Å². The Morgan fingerprint density at radius 2 is 1.85 bits per heavy atom. The molecule has 0 aliphatic carbocycles. The van der Waals surface area contributed by atoms with E-state index >= 15 is 0 Å². The highest BCUT2D eigenvalue weighted by Crippen LogP contribution is 2.16. The van der Waals surface area contributed by atoms with Gasteiger partial charge < -0.3 is 10.6 Å². The fraction of sp³-hybridized carbons (Fsp3) is 0.389. The van der Waals surface area contributed by atoms with Crippen LogP contribution in [0.2, 0.25) is 0 Å². The molecule has 1 aromatic heterocycles. The third-order valence-electron chi connectivity index (χ3n) is 3.74. The van der Waals surface area contributed by atoms with E-state index in [1.165, 1.54) is 16.8 Å². The van der Waals surface area contributed by atoms with Gasteiger partial charge in [-0.2, -0.15) is 0 Å². The Balaban J connectivity index is 0.00000364. The lowest BCUT2D eigenvalue weighted by atomic mass is 10.2. The Labute approximate surface area is 182 Å². The van der Waals surface area contributed by atoms with Gasteiger partial charge in [0.25, 0.3) is 0 Å². The lowest BCUT2D eigenvalue weighted by Gasteiger charge is -2.11. The average Bonchev–Trinajstić information content (AvgIpc) is 3.12. The number of hydrogen-bond acceptors (Lipinski definition) is 4. The van der Waals surface area contributed by atoms with Crippen molar-refractivity contribution in [2.24, 2.45) is 4.99 Å². The van der Waals surface area contributed by atoms with Crippen LogP contribution in [0.15, 0.2) is 46.3 Å². The number of aliphatic imine (C=N–C) groups is 1. The zero-order valence-electron chi connectivity index (χ0n) is 15.8. The summed E-state index contributed by atoms with van der Waals surface area (Å²) in [4.78, 5) is 7.43.